The van der Waals surface area contributed by atoms with Crippen molar-refractivity contribution in [3.63, 3.8) is 0 Å². The van der Waals surface area contributed by atoms with Gasteiger partial charge in [0.2, 0.25) is 5.91 Å². The summed E-state index contributed by atoms with van der Waals surface area (Å²) in [5.41, 5.74) is 1.19. The summed E-state index contributed by atoms with van der Waals surface area (Å²) in [6, 6.07) is 13.5. The van der Waals surface area contributed by atoms with Crippen LogP contribution in [0.2, 0.25) is 0 Å². The minimum Gasteiger partial charge on any atom is -0.481 e. The lowest BCUT2D eigenvalue weighted by Gasteiger charge is -2.33. The number of amides is 1. The second kappa shape index (κ2) is 7.14. The quantitative estimate of drug-likeness (QED) is 0.855. The van der Waals surface area contributed by atoms with Crippen LogP contribution in [0.5, 0.6) is 0 Å². The van der Waals surface area contributed by atoms with Gasteiger partial charge in [0.05, 0.1) is 5.41 Å². The van der Waals surface area contributed by atoms with Crippen molar-refractivity contribution in [2.45, 2.75) is 50.6 Å². The van der Waals surface area contributed by atoms with Crippen LogP contribution in [0.15, 0.2) is 54.9 Å². The van der Waals surface area contributed by atoms with Crippen molar-refractivity contribution in [3.8, 4) is 0 Å². The fourth-order valence-electron chi connectivity index (χ4n) is 4.94. The van der Waals surface area contributed by atoms with Gasteiger partial charge in [-0.2, -0.15) is 0 Å². The number of rotatable bonds is 6. The molecule has 27 heavy (non-hydrogen) atoms. The molecule has 140 valence electrons. The summed E-state index contributed by atoms with van der Waals surface area (Å²) in [6.07, 6.45) is 7.27. The minimum absolute atomic E-state index is 0.0520. The molecule has 0 saturated carbocycles. The van der Waals surface area contributed by atoms with Crippen molar-refractivity contribution in [3.05, 3.63) is 66.0 Å². The van der Waals surface area contributed by atoms with Crippen LogP contribution in [-0.2, 0) is 22.4 Å². The van der Waals surface area contributed by atoms with E-state index in [-0.39, 0.29) is 18.0 Å². The Morgan fingerprint density at radius 1 is 1.11 bits per heavy atom. The minimum atomic E-state index is -0.867. The lowest BCUT2D eigenvalue weighted by molar-refractivity contribution is -0.151. The molecular weight excluding hydrogens is 340 g/mol. The third-order valence-corrected chi connectivity index (χ3v) is 6.17. The molecule has 0 radical (unpaired) electrons. The van der Waals surface area contributed by atoms with Crippen molar-refractivity contribution < 1.29 is 14.7 Å². The third kappa shape index (κ3) is 3.22. The van der Waals surface area contributed by atoms with Crippen molar-refractivity contribution in [1.29, 1.82) is 0 Å². The fourth-order valence-corrected chi connectivity index (χ4v) is 4.94. The summed E-state index contributed by atoms with van der Waals surface area (Å²) >= 11 is 0. The zero-order chi connectivity index (χ0) is 18.9. The first kappa shape index (κ1) is 17.7. The molecule has 1 aromatic carbocycles. The Balaban J connectivity index is 1.52. The summed E-state index contributed by atoms with van der Waals surface area (Å²) in [6.45, 7) is 0. The zero-order valence-electron chi connectivity index (χ0n) is 15.3. The number of carbonyl (C=O) groups excluding carboxylic acids is 1. The second-order valence-corrected chi connectivity index (χ2v) is 7.74. The highest BCUT2D eigenvalue weighted by Crippen LogP contribution is 2.52. The first-order valence-electron chi connectivity index (χ1n) is 9.57. The molecule has 3 atom stereocenters. The van der Waals surface area contributed by atoms with E-state index in [2.05, 4.69) is 4.98 Å². The Kier molecular flexibility index (Phi) is 4.68. The lowest BCUT2D eigenvalue weighted by atomic mass is 9.70. The van der Waals surface area contributed by atoms with Crippen molar-refractivity contribution in [2.24, 2.45) is 5.41 Å². The third-order valence-electron chi connectivity index (χ3n) is 6.17. The number of aromatic nitrogens is 1. The fraction of sp³-hybridized carbons (Fsp3) is 0.409. The first-order chi connectivity index (χ1) is 13.1. The van der Waals surface area contributed by atoms with Crippen LogP contribution in [0.25, 0.3) is 0 Å². The van der Waals surface area contributed by atoms with Crippen LogP contribution in [0.4, 0.5) is 0 Å². The number of nitrogens with zero attached hydrogens (tertiary/aromatic N) is 2. The molecule has 1 aromatic heterocycles. The highest BCUT2D eigenvalue weighted by Gasteiger charge is 2.61. The van der Waals surface area contributed by atoms with Crippen LogP contribution >= 0.6 is 0 Å². The van der Waals surface area contributed by atoms with E-state index in [0.717, 1.165) is 24.0 Å². The van der Waals surface area contributed by atoms with Gasteiger partial charge in [0, 0.05) is 30.9 Å². The van der Waals surface area contributed by atoms with Crippen LogP contribution in [0, 0.1) is 5.41 Å². The van der Waals surface area contributed by atoms with E-state index in [4.69, 9.17) is 0 Å². The predicted octanol–water partition coefficient (Wildman–Crippen LogP) is 3.09. The summed E-state index contributed by atoms with van der Waals surface area (Å²) < 4.78 is 0. The number of pyridine rings is 1. The van der Waals surface area contributed by atoms with E-state index >= 15 is 0 Å². The number of fused-ring (bicyclic) bond motifs is 2. The molecule has 2 saturated heterocycles. The van der Waals surface area contributed by atoms with E-state index < -0.39 is 11.4 Å². The number of hydrogen-bond donors (Lipinski definition) is 1. The Bertz CT molecular complexity index is 824. The van der Waals surface area contributed by atoms with Gasteiger partial charge in [-0.15, -0.1) is 0 Å². The number of aryl methyl sites for hydroxylation is 1. The van der Waals surface area contributed by atoms with Crippen molar-refractivity contribution >= 4 is 11.9 Å². The van der Waals surface area contributed by atoms with Gasteiger partial charge in [-0.3, -0.25) is 14.6 Å². The molecule has 2 aliphatic heterocycles. The standard InChI is InChI=1S/C22H24N2O3/c25-20(11-8-17-7-4-12-23-15-17)24-18-9-10-19(24)22(14-18,21(26)27)13-16-5-2-1-3-6-16/h1-7,12,15,18-19H,8-11,13-14H2,(H,26,27)/t18-,19+,22+/m0/s1. The molecular formula is C22H24N2O3. The number of carbonyl (C=O) groups is 2. The highest BCUT2D eigenvalue weighted by atomic mass is 16.4. The normalized spacial score (nSPS) is 26.3. The zero-order valence-corrected chi connectivity index (χ0v) is 15.3. The van der Waals surface area contributed by atoms with Gasteiger partial charge in [0.15, 0.2) is 0 Å². The molecule has 0 spiro atoms. The maximum atomic E-state index is 13.0. The topological polar surface area (TPSA) is 70.5 Å². The number of hydrogen-bond acceptors (Lipinski definition) is 3. The Morgan fingerprint density at radius 3 is 2.59 bits per heavy atom. The SMILES string of the molecule is O=C(CCc1cccnc1)N1[C@H]2CC[C@@H]1[C@](Cc1ccccc1)(C(=O)O)C2. The number of benzene rings is 1. The first-order valence-corrected chi connectivity index (χ1v) is 9.57. The smallest absolute Gasteiger partial charge is 0.312 e. The van der Waals surface area contributed by atoms with Gasteiger partial charge in [0.25, 0.3) is 0 Å². The molecule has 2 aliphatic rings. The number of carboxylic acid groups (broad SMARTS) is 1. The van der Waals surface area contributed by atoms with Gasteiger partial charge in [-0.05, 0) is 49.3 Å². The molecule has 0 unspecified atom stereocenters. The van der Waals surface area contributed by atoms with Crippen LogP contribution in [-0.4, -0.2) is 39.0 Å². The Hall–Kier alpha value is -2.69. The van der Waals surface area contributed by atoms with E-state index in [1.807, 2.05) is 47.4 Å². The van der Waals surface area contributed by atoms with Gasteiger partial charge in [-0.25, -0.2) is 0 Å². The number of carboxylic acids is 1. The van der Waals surface area contributed by atoms with Crippen molar-refractivity contribution in [1.82, 2.24) is 9.88 Å². The lowest BCUT2D eigenvalue weighted by Crippen LogP contribution is -2.46. The second-order valence-electron chi connectivity index (χ2n) is 7.74. The number of aliphatic carboxylic acids is 1. The highest BCUT2D eigenvalue weighted by molar-refractivity contribution is 5.83. The molecule has 5 heteroatoms. The van der Waals surface area contributed by atoms with Crippen LogP contribution in [0.1, 0.15) is 36.8 Å². The Morgan fingerprint density at radius 2 is 1.89 bits per heavy atom. The molecule has 1 N–H and O–H groups in total. The largest absolute Gasteiger partial charge is 0.481 e. The maximum absolute atomic E-state index is 13.0. The average molecular weight is 364 g/mol. The molecule has 1 amide bonds. The van der Waals surface area contributed by atoms with Gasteiger partial charge >= 0.3 is 5.97 Å². The van der Waals surface area contributed by atoms with Gasteiger partial charge in [0.1, 0.15) is 0 Å². The van der Waals surface area contributed by atoms with Crippen LogP contribution < -0.4 is 0 Å². The predicted molar refractivity (Wildman–Crippen MR) is 101 cm³/mol. The summed E-state index contributed by atoms with van der Waals surface area (Å²) in [5.74, 6) is -0.703. The molecule has 2 fully saturated rings. The van der Waals surface area contributed by atoms with Gasteiger partial charge < -0.3 is 10.0 Å². The summed E-state index contributed by atoms with van der Waals surface area (Å²) in [4.78, 5) is 31.3. The maximum Gasteiger partial charge on any atom is 0.312 e. The monoisotopic (exact) mass is 364 g/mol. The Labute approximate surface area is 159 Å². The van der Waals surface area contributed by atoms with Crippen LogP contribution in [0.3, 0.4) is 0 Å². The molecule has 2 bridgehead atoms. The van der Waals surface area contributed by atoms with E-state index in [9.17, 15) is 14.7 Å². The summed E-state index contributed by atoms with van der Waals surface area (Å²) in [5, 5.41) is 10.1. The summed E-state index contributed by atoms with van der Waals surface area (Å²) in [7, 11) is 0. The molecule has 3 heterocycles. The van der Waals surface area contributed by atoms with E-state index in [1.54, 1.807) is 12.4 Å². The van der Waals surface area contributed by atoms with E-state index in [1.165, 1.54) is 0 Å². The van der Waals surface area contributed by atoms with E-state index in [0.29, 0.717) is 25.7 Å². The molecule has 5 nitrogen and oxygen atoms in total. The van der Waals surface area contributed by atoms with Crippen molar-refractivity contribution in [2.75, 3.05) is 0 Å². The average Bonchev–Trinajstić information content (AvgIpc) is 3.24. The van der Waals surface area contributed by atoms with Gasteiger partial charge in [-0.1, -0.05) is 36.4 Å². The molecule has 0 aliphatic carbocycles. The molecule has 4 rings (SSSR count). The molecule has 2 aromatic rings.